The zero-order valence-corrected chi connectivity index (χ0v) is 11.9. The lowest BCUT2D eigenvalue weighted by molar-refractivity contribution is -0.128. The topological polar surface area (TPSA) is 68.5 Å². The van der Waals surface area contributed by atoms with Crippen molar-refractivity contribution in [3.05, 3.63) is 47.6 Å². The average molecular weight is 287 g/mol. The molecule has 2 heterocycles. The van der Waals surface area contributed by atoms with Crippen molar-refractivity contribution in [1.29, 1.82) is 0 Å². The van der Waals surface area contributed by atoms with Crippen LogP contribution in [0.25, 0.3) is 0 Å². The van der Waals surface area contributed by atoms with Crippen molar-refractivity contribution in [1.82, 2.24) is 15.0 Å². The number of carbonyl (C=O) groups is 1. The Bertz CT molecular complexity index is 612. The lowest BCUT2D eigenvalue weighted by Crippen LogP contribution is -2.25. The molecule has 0 unspecified atom stereocenters. The predicted molar refractivity (Wildman–Crippen MR) is 74.2 cm³/mol. The van der Waals surface area contributed by atoms with Gasteiger partial charge in [-0.15, -0.1) is 0 Å². The molecule has 1 atom stereocenters. The van der Waals surface area contributed by atoms with E-state index >= 15 is 0 Å². The van der Waals surface area contributed by atoms with Crippen LogP contribution in [0.2, 0.25) is 0 Å². The maximum atomic E-state index is 12.1. The number of rotatable bonds is 5. The second kappa shape index (κ2) is 6.05. The third-order valence-corrected chi connectivity index (χ3v) is 3.60. The molecule has 0 spiro atoms. The average Bonchev–Trinajstić information content (AvgIpc) is 3.08. The van der Waals surface area contributed by atoms with Gasteiger partial charge in [-0.25, -0.2) is 0 Å². The number of ether oxygens (including phenoxy) is 1. The van der Waals surface area contributed by atoms with Crippen molar-refractivity contribution in [3.63, 3.8) is 0 Å². The summed E-state index contributed by atoms with van der Waals surface area (Å²) in [6.07, 6.45) is 0.535. The number of likely N-dealkylation sites (tertiary alicyclic amines) is 1. The summed E-state index contributed by atoms with van der Waals surface area (Å²) in [6, 6.07) is 10.1. The molecule has 0 saturated carbocycles. The van der Waals surface area contributed by atoms with Gasteiger partial charge in [0.2, 0.25) is 5.91 Å². The van der Waals surface area contributed by atoms with Gasteiger partial charge in [0, 0.05) is 26.0 Å². The Kier molecular flexibility index (Phi) is 3.96. The van der Waals surface area contributed by atoms with Gasteiger partial charge in [0.05, 0.1) is 6.54 Å². The standard InChI is InChI=1S/C15H17N3O3/c1-20-10-14-16-13(17-21-14)9-18-8-12(7-15(18)19)11-5-3-2-4-6-11/h2-6,12H,7-10H2,1H3/t12-/m0/s1. The molecule has 3 rings (SSSR count). The maximum Gasteiger partial charge on any atom is 0.252 e. The van der Waals surface area contributed by atoms with Crippen molar-refractivity contribution in [2.45, 2.75) is 25.5 Å². The fourth-order valence-electron chi connectivity index (χ4n) is 2.58. The van der Waals surface area contributed by atoms with Crippen LogP contribution in [0.4, 0.5) is 0 Å². The summed E-state index contributed by atoms with van der Waals surface area (Å²) >= 11 is 0. The van der Waals surface area contributed by atoms with E-state index in [4.69, 9.17) is 9.26 Å². The molecule has 6 nitrogen and oxygen atoms in total. The van der Waals surface area contributed by atoms with E-state index in [1.165, 1.54) is 5.56 Å². The molecule has 0 radical (unpaired) electrons. The van der Waals surface area contributed by atoms with Gasteiger partial charge in [-0.3, -0.25) is 4.79 Å². The van der Waals surface area contributed by atoms with Crippen LogP contribution < -0.4 is 0 Å². The predicted octanol–water partition coefficient (Wildman–Crippen LogP) is 1.73. The molecule has 1 fully saturated rings. The lowest BCUT2D eigenvalue weighted by atomic mass is 9.99. The van der Waals surface area contributed by atoms with Crippen LogP contribution in [0.1, 0.15) is 29.6 Å². The fraction of sp³-hybridized carbons (Fsp3) is 0.400. The molecule has 1 aromatic heterocycles. The zero-order valence-electron chi connectivity index (χ0n) is 11.9. The van der Waals surface area contributed by atoms with Gasteiger partial charge < -0.3 is 14.2 Å². The van der Waals surface area contributed by atoms with E-state index < -0.39 is 0 Å². The Labute approximate surface area is 122 Å². The summed E-state index contributed by atoms with van der Waals surface area (Å²) in [5.74, 6) is 1.31. The fourth-order valence-corrected chi connectivity index (χ4v) is 2.58. The third-order valence-electron chi connectivity index (χ3n) is 3.60. The molecule has 1 amide bonds. The first-order chi connectivity index (χ1) is 10.3. The second-order valence-electron chi connectivity index (χ2n) is 5.12. The smallest absolute Gasteiger partial charge is 0.252 e. The van der Waals surface area contributed by atoms with Crippen LogP contribution in [0.3, 0.4) is 0 Å². The molecule has 0 aliphatic carbocycles. The Balaban J connectivity index is 1.65. The highest BCUT2D eigenvalue weighted by molar-refractivity contribution is 5.79. The monoisotopic (exact) mass is 287 g/mol. The van der Waals surface area contributed by atoms with E-state index in [9.17, 15) is 4.79 Å². The molecule has 0 bridgehead atoms. The Morgan fingerprint density at radius 2 is 2.19 bits per heavy atom. The minimum absolute atomic E-state index is 0.127. The van der Waals surface area contributed by atoms with E-state index in [2.05, 4.69) is 22.3 Å². The highest BCUT2D eigenvalue weighted by Crippen LogP contribution is 2.28. The largest absolute Gasteiger partial charge is 0.375 e. The van der Waals surface area contributed by atoms with Gasteiger partial charge >= 0.3 is 0 Å². The van der Waals surface area contributed by atoms with Gasteiger partial charge in [-0.05, 0) is 5.56 Å². The van der Waals surface area contributed by atoms with Crippen molar-refractivity contribution in [2.24, 2.45) is 0 Å². The van der Waals surface area contributed by atoms with Gasteiger partial charge in [-0.2, -0.15) is 4.98 Å². The Morgan fingerprint density at radius 1 is 1.38 bits per heavy atom. The number of methoxy groups -OCH3 is 1. The van der Waals surface area contributed by atoms with Gasteiger partial charge in [-0.1, -0.05) is 35.5 Å². The van der Waals surface area contributed by atoms with E-state index in [-0.39, 0.29) is 18.4 Å². The molecule has 2 aromatic rings. The van der Waals surface area contributed by atoms with Gasteiger partial charge in [0.1, 0.15) is 6.61 Å². The molecule has 110 valence electrons. The van der Waals surface area contributed by atoms with Crippen LogP contribution in [0, 0.1) is 0 Å². The van der Waals surface area contributed by atoms with E-state index in [0.717, 1.165) is 0 Å². The Morgan fingerprint density at radius 3 is 2.95 bits per heavy atom. The van der Waals surface area contributed by atoms with E-state index in [1.54, 1.807) is 12.0 Å². The molecule has 1 aliphatic rings. The minimum atomic E-state index is 0.127. The number of carbonyl (C=O) groups excluding carboxylic acids is 1. The first kappa shape index (κ1) is 13.8. The quantitative estimate of drug-likeness (QED) is 0.837. The molecule has 0 N–H and O–H groups in total. The molecular formula is C15H17N3O3. The van der Waals surface area contributed by atoms with Crippen molar-refractivity contribution >= 4 is 5.91 Å². The molecule has 1 aliphatic heterocycles. The second-order valence-corrected chi connectivity index (χ2v) is 5.12. The van der Waals surface area contributed by atoms with E-state index in [0.29, 0.717) is 31.2 Å². The number of benzene rings is 1. The summed E-state index contributed by atoms with van der Waals surface area (Å²) in [5, 5.41) is 3.87. The maximum absolute atomic E-state index is 12.1. The van der Waals surface area contributed by atoms with Gasteiger partial charge in [0.25, 0.3) is 5.89 Å². The number of hydrogen-bond acceptors (Lipinski definition) is 5. The first-order valence-corrected chi connectivity index (χ1v) is 6.89. The van der Waals surface area contributed by atoms with Crippen LogP contribution >= 0.6 is 0 Å². The minimum Gasteiger partial charge on any atom is -0.375 e. The highest BCUT2D eigenvalue weighted by Gasteiger charge is 2.31. The molecule has 1 saturated heterocycles. The zero-order chi connectivity index (χ0) is 14.7. The third kappa shape index (κ3) is 3.11. The molecular weight excluding hydrogens is 270 g/mol. The van der Waals surface area contributed by atoms with Gasteiger partial charge in [0.15, 0.2) is 5.82 Å². The highest BCUT2D eigenvalue weighted by atomic mass is 16.5. The number of aromatic nitrogens is 2. The summed E-state index contributed by atoms with van der Waals surface area (Å²) in [5.41, 5.74) is 1.20. The van der Waals surface area contributed by atoms with Crippen molar-refractivity contribution < 1.29 is 14.1 Å². The SMILES string of the molecule is COCc1nc(CN2C[C@@H](c3ccccc3)CC2=O)no1. The van der Waals surface area contributed by atoms with Crippen molar-refractivity contribution in [3.8, 4) is 0 Å². The number of nitrogens with zero attached hydrogens (tertiary/aromatic N) is 3. The summed E-state index contributed by atoms with van der Waals surface area (Å²) in [7, 11) is 1.57. The first-order valence-electron chi connectivity index (χ1n) is 6.89. The van der Waals surface area contributed by atoms with Crippen molar-refractivity contribution in [2.75, 3.05) is 13.7 Å². The molecule has 21 heavy (non-hydrogen) atoms. The molecule has 1 aromatic carbocycles. The number of hydrogen-bond donors (Lipinski definition) is 0. The van der Waals surface area contributed by atoms with Crippen LogP contribution in [-0.4, -0.2) is 34.6 Å². The van der Waals surface area contributed by atoms with Crippen LogP contribution in [0.15, 0.2) is 34.9 Å². The lowest BCUT2D eigenvalue weighted by Gasteiger charge is -2.14. The normalized spacial score (nSPS) is 18.4. The van der Waals surface area contributed by atoms with Crippen LogP contribution in [-0.2, 0) is 22.7 Å². The van der Waals surface area contributed by atoms with Crippen LogP contribution in [0.5, 0.6) is 0 Å². The number of amides is 1. The van der Waals surface area contributed by atoms with E-state index in [1.807, 2.05) is 18.2 Å². The summed E-state index contributed by atoms with van der Waals surface area (Å²) < 4.78 is 9.97. The summed E-state index contributed by atoms with van der Waals surface area (Å²) in [4.78, 5) is 18.1. The molecule has 6 heteroatoms. The summed E-state index contributed by atoms with van der Waals surface area (Å²) in [6.45, 7) is 1.36. The Hall–Kier alpha value is -2.21.